The molecule has 0 aliphatic carbocycles. The topological polar surface area (TPSA) is 46.9 Å². The molecule has 1 aromatic rings. The van der Waals surface area contributed by atoms with Gasteiger partial charge in [0.2, 0.25) is 0 Å². The van der Waals surface area contributed by atoms with Gasteiger partial charge in [0.25, 0.3) is 5.91 Å². The molecule has 200 valence electrons. The van der Waals surface area contributed by atoms with E-state index in [1.807, 2.05) is 32.1 Å². The highest BCUT2D eigenvalue weighted by Crippen LogP contribution is 2.38. The molecule has 0 saturated carbocycles. The number of hydrogen-bond acceptors (Lipinski definition) is 3. The fraction of sp³-hybridized carbons (Fsp3) is 0.500. The summed E-state index contributed by atoms with van der Waals surface area (Å²) in [7, 11) is 2.94. The van der Waals surface area contributed by atoms with Crippen molar-refractivity contribution in [3.8, 4) is 0 Å². The Morgan fingerprint density at radius 2 is 2.00 bits per heavy atom. The summed E-state index contributed by atoms with van der Waals surface area (Å²) >= 11 is 1.63. The zero-order chi connectivity index (χ0) is 27.5. The molecule has 36 heavy (non-hydrogen) atoms. The Balaban J connectivity index is 3.25. The molecule has 0 fully saturated rings. The molecule has 2 unspecified atom stereocenters. The second kappa shape index (κ2) is 15.3. The molecule has 0 radical (unpaired) electrons. The van der Waals surface area contributed by atoms with E-state index in [2.05, 4.69) is 50.8 Å². The second-order valence-corrected chi connectivity index (χ2v) is 10.5. The summed E-state index contributed by atoms with van der Waals surface area (Å²) < 4.78 is 28.5. The maximum absolute atomic E-state index is 13.7. The van der Waals surface area contributed by atoms with Crippen molar-refractivity contribution in [2.75, 3.05) is 0 Å². The molecule has 1 amide bonds. The van der Waals surface area contributed by atoms with Gasteiger partial charge in [-0.3, -0.25) is 9.48 Å². The fourth-order valence-electron chi connectivity index (χ4n) is 3.54. The van der Waals surface area contributed by atoms with Gasteiger partial charge < -0.3 is 5.32 Å². The van der Waals surface area contributed by atoms with E-state index in [9.17, 15) is 13.6 Å². The zero-order valence-corrected chi connectivity index (χ0v) is 24.7. The highest BCUT2D eigenvalue weighted by molar-refractivity contribution is 8.07. The fourth-order valence-corrected chi connectivity index (χ4v) is 4.84. The predicted molar refractivity (Wildman–Crippen MR) is 154 cm³/mol. The number of alkyl halides is 2. The van der Waals surface area contributed by atoms with Gasteiger partial charge in [-0.2, -0.15) is 13.9 Å². The maximum Gasteiger partial charge on any atom is 0.302 e. The van der Waals surface area contributed by atoms with Crippen molar-refractivity contribution in [3.63, 3.8) is 0 Å². The molecule has 0 aromatic carbocycles. The van der Waals surface area contributed by atoms with Crippen LogP contribution < -0.4 is 5.32 Å². The molecule has 1 heterocycles. The molecule has 4 nitrogen and oxygen atoms in total. The average molecular weight is 538 g/mol. The molecular formula is C28H42F2N3OPS. The number of aromatic nitrogens is 2. The van der Waals surface area contributed by atoms with Crippen LogP contribution in [0.5, 0.6) is 0 Å². The molecule has 0 aliphatic rings. The molecule has 0 saturated heterocycles. The summed E-state index contributed by atoms with van der Waals surface area (Å²) in [6.07, 6.45) is 13.4. The smallest absolute Gasteiger partial charge is 0.302 e. The lowest BCUT2D eigenvalue weighted by atomic mass is 10.0. The molecule has 8 heteroatoms. The quantitative estimate of drug-likeness (QED) is 0.191. The number of nitrogens with one attached hydrogen (secondary N) is 1. The van der Waals surface area contributed by atoms with Crippen molar-refractivity contribution in [2.45, 2.75) is 85.4 Å². The molecule has 0 aliphatic heterocycles. The molecule has 1 N–H and O–H groups in total. The standard InChI is InChI=1S/C28H42F2N3OPS/c1-9-14-16-21(12-4)17-22(15-10-2)26(19(6)11-3)36-24(13-5)20(7)31-27(34)23-18-25(28(29,30)35)32-33(23)8/h10,13,15,17-18,20H,2,9,11-12,14,16,35H2,1,3-8H3,(H,31,34)/b21-17-,22-15+,24-13-,26-19-. The summed E-state index contributed by atoms with van der Waals surface area (Å²) in [5, 5.41) is 6.74. The van der Waals surface area contributed by atoms with Crippen molar-refractivity contribution in [2.24, 2.45) is 7.05 Å². The van der Waals surface area contributed by atoms with Gasteiger partial charge in [-0.15, -0.1) is 0 Å². The Morgan fingerprint density at radius 1 is 1.33 bits per heavy atom. The van der Waals surface area contributed by atoms with Gasteiger partial charge in [-0.25, -0.2) is 0 Å². The van der Waals surface area contributed by atoms with E-state index in [0.717, 1.165) is 53.6 Å². The zero-order valence-electron chi connectivity index (χ0n) is 22.8. The summed E-state index contributed by atoms with van der Waals surface area (Å²) in [5.74, 6) is -0.453. The van der Waals surface area contributed by atoms with Crippen LogP contribution in [0.4, 0.5) is 8.78 Å². The number of allylic oxidation sites excluding steroid dienone is 7. The van der Waals surface area contributed by atoms with Crippen LogP contribution in [0.2, 0.25) is 0 Å². The van der Waals surface area contributed by atoms with E-state index in [1.165, 1.54) is 32.1 Å². The number of rotatable bonds is 14. The van der Waals surface area contributed by atoms with Crippen molar-refractivity contribution in [1.29, 1.82) is 0 Å². The number of thioether (sulfide) groups is 1. The van der Waals surface area contributed by atoms with E-state index in [0.29, 0.717) is 0 Å². The Kier molecular flexibility index (Phi) is 13.6. The van der Waals surface area contributed by atoms with Crippen LogP contribution >= 0.6 is 21.0 Å². The summed E-state index contributed by atoms with van der Waals surface area (Å²) in [4.78, 5) is 15.0. The molecule has 2 atom stereocenters. The van der Waals surface area contributed by atoms with Crippen molar-refractivity contribution in [3.05, 3.63) is 74.9 Å². The van der Waals surface area contributed by atoms with Gasteiger partial charge in [0, 0.05) is 16.9 Å². The van der Waals surface area contributed by atoms with Crippen molar-refractivity contribution in [1.82, 2.24) is 15.1 Å². The van der Waals surface area contributed by atoms with E-state index >= 15 is 0 Å². The largest absolute Gasteiger partial charge is 0.344 e. The van der Waals surface area contributed by atoms with Crippen LogP contribution in [0.15, 0.2) is 63.5 Å². The van der Waals surface area contributed by atoms with Crippen molar-refractivity contribution >= 4 is 26.9 Å². The lowest BCUT2D eigenvalue weighted by molar-refractivity contribution is 0.0936. The molecule has 0 spiro atoms. The minimum Gasteiger partial charge on any atom is -0.344 e. The summed E-state index contributed by atoms with van der Waals surface area (Å²) in [6, 6.07) is 0.796. The van der Waals surface area contributed by atoms with Gasteiger partial charge in [0.05, 0.1) is 6.04 Å². The summed E-state index contributed by atoms with van der Waals surface area (Å²) in [6.45, 7) is 16.4. The Labute approximate surface area is 222 Å². The highest BCUT2D eigenvalue weighted by atomic mass is 32.2. The van der Waals surface area contributed by atoms with Crippen LogP contribution in [0.3, 0.4) is 0 Å². The number of aryl methyl sites for hydroxylation is 1. The van der Waals surface area contributed by atoms with E-state index in [4.69, 9.17) is 0 Å². The maximum atomic E-state index is 13.7. The second-order valence-electron chi connectivity index (χ2n) is 8.73. The number of unbranched alkanes of at least 4 members (excludes halogenated alkanes) is 1. The normalized spacial score (nSPS) is 15.0. The van der Waals surface area contributed by atoms with E-state index < -0.39 is 17.3 Å². The van der Waals surface area contributed by atoms with Gasteiger partial charge in [0.1, 0.15) is 11.4 Å². The monoisotopic (exact) mass is 537 g/mol. The highest BCUT2D eigenvalue weighted by Gasteiger charge is 2.30. The number of halogens is 2. The van der Waals surface area contributed by atoms with Crippen LogP contribution in [0, 0.1) is 0 Å². The first-order valence-electron chi connectivity index (χ1n) is 12.5. The summed E-state index contributed by atoms with van der Waals surface area (Å²) in [5.41, 5.74) is 0.176. The molecular weight excluding hydrogens is 495 g/mol. The predicted octanol–water partition coefficient (Wildman–Crippen LogP) is 8.42. The third-order valence-electron chi connectivity index (χ3n) is 5.88. The van der Waals surface area contributed by atoms with Gasteiger partial charge in [-0.05, 0) is 58.1 Å². The van der Waals surface area contributed by atoms with E-state index in [-0.39, 0.29) is 11.7 Å². The number of carbonyl (C=O) groups excluding carboxylic acids is 1. The molecule has 1 aromatic heterocycles. The van der Waals surface area contributed by atoms with Gasteiger partial charge in [-0.1, -0.05) is 90.2 Å². The number of hydrogen-bond donors (Lipinski definition) is 1. The lowest BCUT2D eigenvalue weighted by Crippen LogP contribution is -2.34. The molecule has 0 bridgehead atoms. The first-order chi connectivity index (χ1) is 16.9. The number of amides is 1. The van der Waals surface area contributed by atoms with Crippen LogP contribution in [0.1, 0.15) is 89.8 Å². The first-order valence-corrected chi connectivity index (χ1v) is 13.9. The van der Waals surface area contributed by atoms with Gasteiger partial charge in [0.15, 0.2) is 0 Å². The minimum absolute atomic E-state index is 0.0821. The number of carbonyl (C=O) groups is 1. The van der Waals surface area contributed by atoms with Crippen molar-refractivity contribution < 1.29 is 13.6 Å². The third-order valence-corrected chi connectivity index (χ3v) is 7.78. The third kappa shape index (κ3) is 9.48. The Bertz CT molecular complexity index is 1030. The van der Waals surface area contributed by atoms with E-state index in [1.54, 1.807) is 11.8 Å². The Hall–Kier alpha value is -1.98. The van der Waals surface area contributed by atoms with Crippen LogP contribution in [-0.2, 0) is 12.7 Å². The lowest BCUT2D eigenvalue weighted by Gasteiger charge is -2.21. The first kappa shape index (κ1) is 32.0. The van der Waals surface area contributed by atoms with Gasteiger partial charge >= 0.3 is 5.66 Å². The SMILES string of the molecule is C=C/C=C(\C=C(\CC)CCCC)C(/S/C(=C\C)C(C)NC(=O)c1cc(C(F)(F)P)nn1C)=C(\C)CC. The van der Waals surface area contributed by atoms with Crippen LogP contribution in [-0.4, -0.2) is 21.7 Å². The minimum atomic E-state index is -3.19. The average Bonchev–Trinajstić information content (AvgIpc) is 3.23. The Morgan fingerprint density at radius 3 is 2.47 bits per heavy atom. The number of nitrogens with zero attached hydrogens (tertiary/aromatic N) is 2. The molecule has 1 rings (SSSR count). The van der Waals surface area contributed by atoms with Crippen LogP contribution in [0.25, 0.3) is 0 Å².